The van der Waals surface area contributed by atoms with Crippen LogP contribution in [0, 0.1) is 5.82 Å². The molecule has 3 rings (SSSR count). The Balaban J connectivity index is 2.03. The van der Waals surface area contributed by atoms with Gasteiger partial charge in [0.2, 0.25) is 0 Å². The minimum Gasteiger partial charge on any atom is -0.340 e. The van der Waals surface area contributed by atoms with E-state index in [1.165, 1.54) is 18.2 Å². The first kappa shape index (κ1) is 17.3. The van der Waals surface area contributed by atoms with Gasteiger partial charge < -0.3 is 10.3 Å². The maximum atomic E-state index is 13.3. The van der Waals surface area contributed by atoms with E-state index in [1.54, 1.807) is 12.3 Å². The maximum absolute atomic E-state index is 13.3. The number of halogens is 2. The van der Waals surface area contributed by atoms with Crippen LogP contribution in [0.2, 0.25) is 5.02 Å². The number of likely N-dealkylation sites (N-methyl/N-ethyl adjacent to an activating group) is 1. The van der Waals surface area contributed by atoms with E-state index in [4.69, 9.17) is 11.6 Å². The number of rotatable bonds is 5. The van der Waals surface area contributed by atoms with Crippen LogP contribution in [0.25, 0.3) is 11.2 Å². The number of hydroxylamine groups is 1. The fourth-order valence-electron chi connectivity index (χ4n) is 2.35. The minimum atomic E-state index is -0.534. The molecule has 3 aromatic rings. The van der Waals surface area contributed by atoms with Gasteiger partial charge in [0.15, 0.2) is 11.5 Å². The second-order valence-corrected chi connectivity index (χ2v) is 5.67. The molecule has 4 N–H and O–H groups in total. The van der Waals surface area contributed by atoms with Gasteiger partial charge in [0.1, 0.15) is 11.6 Å². The highest BCUT2D eigenvalue weighted by Crippen LogP contribution is 2.23. The quantitative estimate of drug-likeness (QED) is 0.318. The van der Waals surface area contributed by atoms with Gasteiger partial charge in [0.25, 0.3) is 0 Å². The summed E-state index contributed by atoms with van der Waals surface area (Å²) >= 11 is 5.77. The third-order valence-corrected chi connectivity index (χ3v) is 3.85. The van der Waals surface area contributed by atoms with Gasteiger partial charge in [-0.25, -0.2) is 19.4 Å². The highest BCUT2D eigenvalue weighted by Gasteiger charge is 2.13. The molecule has 0 aliphatic heterocycles. The van der Waals surface area contributed by atoms with Crippen molar-refractivity contribution in [2.75, 3.05) is 13.6 Å². The Bertz CT molecular complexity index is 926. The number of pyridine rings is 1. The summed E-state index contributed by atoms with van der Waals surface area (Å²) in [6, 6.07) is 5.74. The van der Waals surface area contributed by atoms with E-state index in [1.807, 2.05) is 7.05 Å². The van der Waals surface area contributed by atoms with Gasteiger partial charge in [-0.05, 0) is 31.3 Å². The smallest absolute Gasteiger partial charge is 0.178 e. The van der Waals surface area contributed by atoms with E-state index in [9.17, 15) is 9.60 Å². The van der Waals surface area contributed by atoms with Crippen LogP contribution in [0.1, 0.15) is 11.4 Å². The number of benzene rings is 1. The summed E-state index contributed by atoms with van der Waals surface area (Å²) < 4.78 is 13.3. The normalized spacial score (nSPS) is 11.9. The molecular formula is C16H16ClFN6O. The third kappa shape index (κ3) is 3.76. The molecule has 0 bridgehead atoms. The number of hydrogen-bond donors (Lipinski definition) is 4. The second kappa shape index (κ2) is 7.56. The van der Waals surface area contributed by atoms with Crippen molar-refractivity contribution in [3.63, 3.8) is 0 Å². The summed E-state index contributed by atoms with van der Waals surface area (Å²) in [7, 11) is 1.86. The molecule has 0 saturated carbocycles. The van der Waals surface area contributed by atoms with Crippen molar-refractivity contribution in [2.24, 2.45) is 4.99 Å². The van der Waals surface area contributed by atoms with Crippen molar-refractivity contribution in [3.8, 4) is 0 Å². The van der Waals surface area contributed by atoms with Crippen molar-refractivity contribution < 1.29 is 9.60 Å². The summed E-state index contributed by atoms with van der Waals surface area (Å²) in [5, 5.41) is 12.5. The van der Waals surface area contributed by atoms with Crippen LogP contribution in [-0.4, -0.2) is 39.6 Å². The number of H-pyrrole nitrogens is 1. The van der Waals surface area contributed by atoms with E-state index in [0.29, 0.717) is 28.8 Å². The second-order valence-electron chi connectivity index (χ2n) is 5.26. The molecular weight excluding hydrogens is 347 g/mol. The molecule has 2 aromatic heterocycles. The summed E-state index contributed by atoms with van der Waals surface area (Å²) in [6.45, 7) is 0.766. The van der Waals surface area contributed by atoms with Gasteiger partial charge in [-0.15, -0.1) is 0 Å². The number of nitrogens with zero attached hydrogens (tertiary/aromatic N) is 3. The lowest BCUT2D eigenvalue weighted by atomic mass is 10.2. The molecule has 0 amide bonds. The molecule has 0 atom stereocenters. The molecule has 0 aliphatic rings. The average molecular weight is 363 g/mol. The molecule has 0 spiro atoms. The van der Waals surface area contributed by atoms with Crippen LogP contribution < -0.4 is 10.8 Å². The van der Waals surface area contributed by atoms with Crippen LogP contribution in [0.3, 0.4) is 0 Å². The van der Waals surface area contributed by atoms with Gasteiger partial charge >= 0.3 is 0 Å². The standard InChI is InChI=1S/C16H16ClFN6O/c1-19-6-5-13-22-14-10(4-7-20-16(14)23-13)15(24-25)21-9-2-3-12(18)11(17)8-9/h2-4,7-8,19,25H,5-6H2,1H3,(H,21,24)(H,20,22,23). The molecule has 0 saturated heterocycles. The predicted molar refractivity (Wildman–Crippen MR) is 94.0 cm³/mol. The monoisotopic (exact) mass is 362 g/mol. The first-order valence-corrected chi connectivity index (χ1v) is 7.92. The lowest BCUT2D eigenvalue weighted by molar-refractivity contribution is 0.235. The van der Waals surface area contributed by atoms with Gasteiger partial charge in [0.05, 0.1) is 16.2 Å². The van der Waals surface area contributed by atoms with E-state index in [2.05, 4.69) is 30.7 Å². The van der Waals surface area contributed by atoms with Crippen molar-refractivity contribution in [1.29, 1.82) is 0 Å². The lowest BCUT2D eigenvalue weighted by Gasteiger charge is -2.06. The molecule has 9 heteroatoms. The zero-order valence-electron chi connectivity index (χ0n) is 13.3. The Hall–Kier alpha value is -2.55. The first-order valence-electron chi connectivity index (χ1n) is 7.54. The number of aromatic nitrogens is 3. The molecule has 0 unspecified atom stereocenters. The van der Waals surface area contributed by atoms with Gasteiger partial charge in [-0.3, -0.25) is 10.7 Å². The van der Waals surface area contributed by atoms with E-state index in [0.717, 1.165) is 12.4 Å². The number of hydrogen-bond acceptors (Lipinski definition) is 5. The molecule has 0 fully saturated rings. The Labute approximate surface area is 147 Å². The Kier molecular flexibility index (Phi) is 5.22. The van der Waals surface area contributed by atoms with Crippen LogP contribution in [0.4, 0.5) is 10.1 Å². The Morgan fingerprint density at radius 3 is 2.96 bits per heavy atom. The zero-order valence-corrected chi connectivity index (χ0v) is 14.1. The fraction of sp³-hybridized carbons (Fsp3) is 0.188. The summed E-state index contributed by atoms with van der Waals surface area (Å²) in [5.74, 6) is 0.401. The maximum Gasteiger partial charge on any atom is 0.178 e. The molecule has 130 valence electrons. The van der Waals surface area contributed by atoms with E-state index >= 15 is 0 Å². The predicted octanol–water partition coefficient (Wildman–Crippen LogP) is 2.57. The zero-order chi connectivity index (χ0) is 17.8. The molecule has 1 aromatic carbocycles. The molecule has 0 radical (unpaired) electrons. The Morgan fingerprint density at radius 1 is 1.40 bits per heavy atom. The summed E-state index contributed by atoms with van der Waals surface area (Å²) in [5.41, 5.74) is 4.20. The number of nitrogens with one attached hydrogen (secondary N) is 3. The fourth-order valence-corrected chi connectivity index (χ4v) is 2.52. The number of aromatic amines is 1. The number of fused-ring (bicyclic) bond motifs is 1. The van der Waals surface area contributed by atoms with E-state index < -0.39 is 5.82 Å². The molecule has 0 aliphatic carbocycles. The van der Waals surface area contributed by atoms with Gasteiger partial charge in [-0.2, -0.15) is 0 Å². The van der Waals surface area contributed by atoms with Crippen LogP contribution in [0.15, 0.2) is 35.5 Å². The van der Waals surface area contributed by atoms with Crippen molar-refractivity contribution in [3.05, 3.63) is 52.7 Å². The van der Waals surface area contributed by atoms with Crippen LogP contribution in [-0.2, 0) is 6.42 Å². The number of imidazole rings is 1. The van der Waals surface area contributed by atoms with Crippen molar-refractivity contribution >= 4 is 34.3 Å². The highest BCUT2D eigenvalue weighted by molar-refractivity contribution is 6.31. The average Bonchev–Trinajstić information content (AvgIpc) is 3.04. The first-order chi connectivity index (χ1) is 12.1. The van der Waals surface area contributed by atoms with E-state index in [-0.39, 0.29) is 10.9 Å². The third-order valence-electron chi connectivity index (χ3n) is 3.56. The van der Waals surface area contributed by atoms with Gasteiger partial charge in [0, 0.05) is 24.7 Å². The molecule has 2 heterocycles. The largest absolute Gasteiger partial charge is 0.340 e. The SMILES string of the molecule is CNCCc1nc2nccc(C(=Nc3ccc(F)c(Cl)c3)NO)c2[nH]1. The number of amidine groups is 1. The summed E-state index contributed by atoms with van der Waals surface area (Å²) in [4.78, 5) is 16.1. The van der Waals surface area contributed by atoms with Crippen molar-refractivity contribution in [2.45, 2.75) is 6.42 Å². The minimum absolute atomic E-state index is 0.0469. The Morgan fingerprint density at radius 2 is 2.24 bits per heavy atom. The summed E-state index contributed by atoms with van der Waals surface area (Å²) in [6.07, 6.45) is 2.28. The van der Waals surface area contributed by atoms with Crippen molar-refractivity contribution in [1.82, 2.24) is 25.7 Å². The van der Waals surface area contributed by atoms with Crippen LogP contribution in [0.5, 0.6) is 0 Å². The lowest BCUT2D eigenvalue weighted by Crippen LogP contribution is -2.20. The van der Waals surface area contributed by atoms with Crippen LogP contribution >= 0.6 is 11.6 Å². The van der Waals surface area contributed by atoms with Gasteiger partial charge in [-0.1, -0.05) is 11.6 Å². The highest BCUT2D eigenvalue weighted by atomic mass is 35.5. The molecule has 25 heavy (non-hydrogen) atoms. The number of aliphatic imine (C=N–C) groups is 1. The topological polar surface area (TPSA) is 98.2 Å². The molecule has 7 nitrogen and oxygen atoms in total.